The number of sulfonamides is 1. The van der Waals surface area contributed by atoms with Gasteiger partial charge in [-0.1, -0.05) is 35.3 Å². The van der Waals surface area contributed by atoms with Gasteiger partial charge in [0.25, 0.3) is 10.0 Å². The zero-order chi connectivity index (χ0) is 31.2. The molecule has 9 nitrogen and oxygen atoms in total. The van der Waals surface area contributed by atoms with Gasteiger partial charge < -0.3 is 19.7 Å². The summed E-state index contributed by atoms with van der Waals surface area (Å²) in [6, 6.07) is 16.2. The fourth-order valence-electron chi connectivity index (χ4n) is 4.08. The number of hydrogen-bond acceptors (Lipinski definition) is 6. The van der Waals surface area contributed by atoms with Crippen LogP contribution in [0.15, 0.2) is 71.6 Å². The number of carbonyl (C=O) groups is 2. The van der Waals surface area contributed by atoms with E-state index in [9.17, 15) is 18.0 Å². The van der Waals surface area contributed by atoms with Crippen LogP contribution in [0.5, 0.6) is 11.5 Å². The summed E-state index contributed by atoms with van der Waals surface area (Å²) in [6.45, 7) is 6.55. The minimum Gasteiger partial charge on any atom is -0.493 e. The maximum absolute atomic E-state index is 14.1. The lowest BCUT2D eigenvalue weighted by molar-refractivity contribution is -0.140. The van der Waals surface area contributed by atoms with Crippen molar-refractivity contribution in [2.24, 2.45) is 0 Å². The lowest BCUT2D eigenvalue weighted by Gasteiger charge is -2.33. The largest absolute Gasteiger partial charge is 0.493 e. The average molecular weight is 637 g/mol. The van der Waals surface area contributed by atoms with Crippen LogP contribution in [0, 0.1) is 0 Å². The normalized spacial score (nSPS) is 12.3. The predicted octanol–water partition coefficient (Wildman–Crippen LogP) is 5.54. The molecule has 0 saturated heterocycles. The van der Waals surface area contributed by atoms with Crippen LogP contribution in [-0.2, 0) is 26.2 Å². The summed E-state index contributed by atoms with van der Waals surface area (Å²) in [5.74, 6) is -0.428. The molecule has 0 unspecified atom stereocenters. The summed E-state index contributed by atoms with van der Waals surface area (Å²) in [7, 11) is -1.48. The van der Waals surface area contributed by atoms with E-state index in [4.69, 9.17) is 32.7 Å². The lowest BCUT2D eigenvalue weighted by Crippen LogP contribution is -2.54. The van der Waals surface area contributed by atoms with Crippen LogP contribution in [0.25, 0.3) is 0 Å². The molecule has 226 valence electrons. The standard InChI is InChI=1S/C30H35Cl2N3O6S/c1-20(29(37)33-30(2,3)4)34(18-21-7-9-22(31)10-8-21)28(36)19-35(24-13-11-23(32)12-14-24)42(38,39)25-15-16-26(40-5)27(17-25)41-6/h7-17,20H,18-19H2,1-6H3,(H,33,37)/t20-/m1/s1. The van der Waals surface area contributed by atoms with E-state index in [1.54, 1.807) is 31.2 Å². The van der Waals surface area contributed by atoms with Crippen molar-refractivity contribution >= 4 is 50.7 Å². The highest BCUT2D eigenvalue weighted by Gasteiger charge is 2.33. The van der Waals surface area contributed by atoms with Gasteiger partial charge in [-0.15, -0.1) is 0 Å². The number of anilines is 1. The number of ether oxygens (including phenoxy) is 2. The van der Waals surface area contributed by atoms with Crippen molar-refractivity contribution < 1.29 is 27.5 Å². The van der Waals surface area contributed by atoms with E-state index >= 15 is 0 Å². The molecule has 0 spiro atoms. The summed E-state index contributed by atoms with van der Waals surface area (Å²) in [5.41, 5.74) is 0.372. The lowest BCUT2D eigenvalue weighted by atomic mass is 10.1. The summed E-state index contributed by atoms with van der Waals surface area (Å²) in [6.07, 6.45) is 0. The number of halogens is 2. The van der Waals surface area contributed by atoms with Crippen molar-refractivity contribution in [1.29, 1.82) is 0 Å². The van der Waals surface area contributed by atoms with Crippen molar-refractivity contribution in [3.8, 4) is 11.5 Å². The quantitative estimate of drug-likeness (QED) is 0.297. The van der Waals surface area contributed by atoms with E-state index in [-0.39, 0.29) is 28.8 Å². The summed E-state index contributed by atoms with van der Waals surface area (Å²) >= 11 is 12.1. The summed E-state index contributed by atoms with van der Waals surface area (Å²) in [5, 5.41) is 3.81. The van der Waals surface area contributed by atoms with E-state index in [0.717, 1.165) is 4.31 Å². The van der Waals surface area contributed by atoms with Crippen LogP contribution in [0.1, 0.15) is 33.3 Å². The van der Waals surface area contributed by atoms with E-state index in [2.05, 4.69) is 5.32 Å². The highest BCUT2D eigenvalue weighted by atomic mass is 35.5. The molecule has 0 radical (unpaired) electrons. The molecule has 3 aromatic rings. The van der Waals surface area contributed by atoms with Crippen LogP contribution in [0.3, 0.4) is 0 Å². The van der Waals surface area contributed by atoms with Crippen LogP contribution < -0.4 is 19.1 Å². The topological polar surface area (TPSA) is 105 Å². The van der Waals surface area contributed by atoms with Crippen LogP contribution in [-0.4, -0.2) is 57.5 Å². The number of nitrogens with zero attached hydrogens (tertiary/aromatic N) is 2. The van der Waals surface area contributed by atoms with E-state index in [1.807, 2.05) is 20.8 Å². The number of rotatable bonds is 11. The van der Waals surface area contributed by atoms with Gasteiger partial charge in [0.2, 0.25) is 11.8 Å². The molecule has 0 fully saturated rings. The van der Waals surface area contributed by atoms with Crippen molar-refractivity contribution in [3.05, 3.63) is 82.3 Å². The van der Waals surface area contributed by atoms with Gasteiger partial charge in [-0.3, -0.25) is 13.9 Å². The van der Waals surface area contributed by atoms with Gasteiger partial charge in [-0.05, 0) is 81.8 Å². The summed E-state index contributed by atoms with van der Waals surface area (Å²) < 4.78 is 39.7. The molecule has 0 aliphatic heterocycles. The first-order valence-electron chi connectivity index (χ1n) is 13.0. The first kappa shape index (κ1) is 33.0. The first-order valence-corrected chi connectivity index (χ1v) is 15.2. The Balaban J connectivity index is 2.07. The molecule has 3 rings (SSSR count). The van der Waals surface area contributed by atoms with Crippen molar-refractivity contribution in [2.45, 2.75) is 50.7 Å². The Morgan fingerprint density at radius 3 is 1.95 bits per heavy atom. The fourth-order valence-corrected chi connectivity index (χ4v) is 5.77. The Hall–Kier alpha value is -3.47. The first-order chi connectivity index (χ1) is 19.7. The molecule has 0 aliphatic carbocycles. The molecule has 0 bridgehead atoms. The minimum absolute atomic E-state index is 0.0413. The van der Waals surface area contributed by atoms with Crippen LogP contribution in [0.2, 0.25) is 10.0 Å². The predicted molar refractivity (Wildman–Crippen MR) is 165 cm³/mol. The number of amides is 2. The summed E-state index contributed by atoms with van der Waals surface area (Å²) in [4.78, 5) is 28.4. The van der Waals surface area contributed by atoms with Gasteiger partial charge in [0.1, 0.15) is 12.6 Å². The van der Waals surface area contributed by atoms with Crippen LogP contribution >= 0.6 is 23.2 Å². The minimum atomic E-state index is -4.32. The molecule has 12 heteroatoms. The number of nitrogens with one attached hydrogen (secondary N) is 1. The molecule has 42 heavy (non-hydrogen) atoms. The van der Waals surface area contributed by atoms with Gasteiger partial charge in [0, 0.05) is 28.2 Å². The Kier molecular flexibility index (Phi) is 10.8. The monoisotopic (exact) mass is 635 g/mol. The average Bonchev–Trinajstić information content (AvgIpc) is 2.94. The number of methoxy groups -OCH3 is 2. The maximum Gasteiger partial charge on any atom is 0.264 e. The third kappa shape index (κ3) is 8.30. The zero-order valence-corrected chi connectivity index (χ0v) is 26.7. The second kappa shape index (κ2) is 13.7. The molecule has 0 saturated carbocycles. The third-order valence-corrected chi connectivity index (χ3v) is 8.54. The Labute approximate surface area is 257 Å². The Morgan fingerprint density at radius 1 is 0.881 bits per heavy atom. The highest BCUT2D eigenvalue weighted by Crippen LogP contribution is 2.32. The van der Waals surface area contributed by atoms with E-state index in [1.165, 1.54) is 61.6 Å². The molecule has 1 atom stereocenters. The van der Waals surface area contributed by atoms with Gasteiger partial charge in [0.15, 0.2) is 11.5 Å². The van der Waals surface area contributed by atoms with Crippen LogP contribution in [0.4, 0.5) is 5.69 Å². The second-order valence-corrected chi connectivity index (χ2v) is 13.3. The molecule has 1 N–H and O–H groups in total. The molecular formula is C30H35Cl2N3O6S. The Morgan fingerprint density at radius 2 is 1.43 bits per heavy atom. The molecule has 0 aliphatic rings. The molecular weight excluding hydrogens is 601 g/mol. The highest BCUT2D eigenvalue weighted by molar-refractivity contribution is 7.92. The van der Waals surface area contributed by atoms with E-state index < -0.39 is 34.1 Å². The maximum atomic E-state index is 14.1. The van der Waals surface area contributed by atoms with Crippen molar-refractivity contribution in [2.75, 3.05) is 25.1 Å². The third-order valence-electron chi connectivity index (χ3n) is 6.27. The van der Waals surface area contributed by atoms with Gasteiger partial charge in [-0.2, -0.15) is 0 Å². The number of hydrogen-bond donors (Lipinski definition) is 1. The SMILES string of the molecule is COc1ccc(S(=O)(=O)N(CC(=O)N(Cc2ccc(Cl)cc2)[C@H](C)C(=O)NC(C)(C)C)c2ccc(Cl)cc2)cc1OC. The molecule has 3 aromatic carbocycles. The van der Waals surface area contributed by atoms with Crippen molar-refractivity contribution in [3.63, 3.8) is 0 Å². The van der Waals surface area contributed by atoms with E-state index in [0.29, 0.717) is 21.4 Å². The molecule has 2 amide bonds. The number of benzene rings is 3. The second-order valence-electron chi connectivity index (χ2n) is 10.6. The van der Waals surface area contributed by atoms with Crippen molar-refractivity contribution in [1.82, 2.24) is 10.2 Å². The van der Waals surface area contributed by atoms with Gasteiger partial charge in [0.05, 0.1) is 24.8 Å². The fraction of sp³-hybridized carbons (Fsp3) is 0.333. The Bertz CT molecular complexity index is 1510. The molecule has 0 aromatic heterocycles. The zero-order valence-electron chi connectivity index (χ0n) is 24.4. The number of carbonyl (C=O) groups excluding carboxylic acids is 2. The smallest absolute Gasteiger partial charge is 0.264 e. The van der Waals surface area contributed by atoms with Gasteiger partial charge in [-0.25, -0.2) is 8.42 Å². The van der Waals surface area contributed by atoms with Gasteiger partial charge >= 0.3 is 0 Å². The molecule has 0 heterocycles.